The Morgan fingerprint density at radius 1 is 1.15 bits per heavy atom. The Labute approximate surface area is 159 Å². The second-order valence-corrected chi connectivity index (χ2v) is 7.11. The van der Waals surface area contributed by atoms with Crippen LogP contribution in [-0.4, -0.2) is 24.5 Å². The topological polar surface area (TPSA) is 80.6 Å². The van der Waals surface area contributed by atoms with Gasteiger partial charge in [-0.2, -0.15) is 0 Å². The van der Waals surface area contributed by atoms with Gasteiger partial charge in [-0.05, 0) is 49.9 Å². The van der Waals surface area contributed by atoms with Crippen LogP contribution >= 0.6 is 0 Å². The maximum Gasteiger partial charge on any atom is 0.225 e. The molecule has 1 fully saturated rings. The number of carbonyl (C=O) groups excluding carboxylic acids is 2. The van der Waals surface area contributed by atoms with E-state index in [4.69, 9.17) is 9.15 Å². The number of para-hydroxylation sites is 1. The largest absolute Gasteiger partial charge is 0.493 e. The number of nitrogens with one attached hydrogen (secondary N) is 2. The minimum atomic E-state index is -0.269. The van der Waals surface area contributed by atoms with E-state index in [0.29, 0.717) is 19.6 Å². The lowest BCUT2D eigenvalue weighted by Crippen LogP contribution is -2.43. The molecule has 3 atom stereocenters. The molecule has 1 saturated carbocycles. The second kappa shape index (κ2) is 8.75. The van der Waals surface area contributed by atoms with Gasteiger partial charge < -0.3 is 19.8 Å². The van der Waals surface area contributed by atoms with E-state index in [0.717, 1.165) is 23.7 Å². The van der Waals surface area contributed by atoms with Crippen molar-refractivity contribution >= 4 is 11.8 Å². The molecule has 6 nitrogen and oxygen atoms in total. The Hall–Kier alpha value is -2.76. The predicted molar refractivity (Wildman–Crippen MR) is 101 cm³/mol. The van der Waals surface area contributed by atoms with Gasteiger partial charge in [0.1, 0.15) is 17.3 Å². The van der Waals surface area contributed by atoms with E-state index in [9.17, 15) is 9.59 Å². The van der Waals surface area contributed by atoms with Crippen LogP contribution in [0.4, 0.5) is 0 Å². The third-order valence-electron chi connectivity index (χ3n) is 4.85. The van der Waals surface area contributed by atoms with Crippen molar-refractivity contribution in [2.45, 2.75) is 39.3 Å². The lowest BCUT2D eigenvalue weighted by molar-refractivity contribution is -0.126. The van der Waals surface area contributed by atoms with E-state index in [2.05, 4.69) is 10.6 Å². The Kier molecular flexibility index (Phi) is 6.16. The summed E-state index contributed by atoms with van der Waals surface area (Å²) in [6.45, 7) is 4.23. The minimum Gasteiger partial charge on any atom is -0.493 e. The van der Waals surface area contributed by atoms with Crippen molar-refractivity contribution in [1.29, 1.82) is 0 Å². The van der Waals surface area contributed by atoms with Crippen molar-refractivity contribution in [1.82, 2.24) is 10.6 Å². The highest BCUT2D eigenvalue weighted by Gasteiger charge is 2.39. The van der Waals surface area contributed by atoms with Crippen LogP contribution in [0.3, 0.4) is 0 Å². The molecule has 0 saturated heterocycles. The zero-order chi connectivity index (χ0) is 19.2. The molecular weight excluding hydrogens is 344 g/mol. The number of rotatable bonds is 7. The summed E-state index contributed by atoms with van der Waals surface area (Å²) >= 11 is 0. The first-order valence-electron chi connectivity index (χ1n) is 9.29. The minimum absolute atomic E-state index is 0.0648. The lowest BCUT2D eigenvalue weighted by atomic mass is 10.0. The average molecular weight is 370 g/mol. The molecular formula is C21H26N2O4. The van der Waals surface area contributed by atoms with E-state index < -0.39 is 0 Å². The first-order valence-corrected chi connectivity index (χ1v) is 9.29. The molecule has 1 aromatic carbocycles. The molecule has 3 rings (SSSR count). The number of aryl methyl sites for hydroxylation is 1. The number of ether oxygens (including phenoxy) is 1. The number of benzene rings is 1. The normalized spacial score (nSPS) is 21.6. The molecule has 1 aliphatic carbocycles. The van der Waals surface area contributed by atoms with E-state index in [1.165, 1.54) is 6.92 Å². The third-order valence-corrected chi connectivity index (χ3v) is 4.85. The lowest BCUT2D eigenvalue weighted by Gasteiger charge is -2.19. The molecule has 2 amide bonds. The molecule has 144 valence electrons. The van der Waals surface area contributed by atoms with Crippen molar-refractivity contribution in [2.75, 3.05) is 6.61 Å². The SMILES string of the molecule is CC(=O)N[C@@H]1C[C@H](COc2ccccc2)C[C@H]1C(=O)NCc1ccc(C)o1. The highest BCUT2D eigenvalue weighted by Crippen LogP contribution is 2.32. The van der Waals surface area contributed by atoms with Crippen LogP contribution in [0.1, 0.15) is 31.3 Å². The maximum absolute atomic E-state index is 12.7. The summed E-state index contributed by atoms with van der Waals surface area (Å²) in [6, 6.07) is 13.2. The van der Waals surface area contributed by atoms with Gasteiger partial charge in [-0.15, -0.1) is 0 Å². The van der Waals surface area contributed by atoms with Crippen LogP contribution < -0.4 is 15.4 Å². The Bertz CT molecular complexity index is 771. The Morgan fingerprint density at radius 3 is 2.59 bits per heavy atom. The quantitative estimate of drug-likeness (QED) is 0.785. The van der Waals surface area contributed by atoms with E-state index >= 15 is 0 Å². The predicted octanol–water partition coefficient (Wildman–Crippen LogP) is 2.81. The summed E-state index contributed by atoms with van der Waals surface area (Å²) in [5.41, 5.74) is 0. The molecule has 0 unspecified atom stereocenters. The van der Waals surface area contributed by atoms with Gasteiger partial charge in [0.05, 0.1) is 19.1 Å². The van der Waals surface area contributed by atoms with Gasteiger partial charge in [-0.1, -0.05) is 18.2 Å². The van der Waals surface area contributed by atoms with Crippen molar-refractivity contribution < 1.29 is 18.7 Å². The van der Waals surface area contributed by atoms with Crippen LogP contribution in [0.25, 0.3) is 0 Å². The molecule has 0 aliphatic heterocycles. The zero-order valence-electron chi connectivity index (χ0n) is 15.7. The van der Waals surface area contributed by atoms with Crippen molar-refractivity contribution in [3.05, 3.63) is 54.0 Å². The third kappa shape index (κ3) is 5.36. The summed E-state index contributed by atoms with van der Waals surface area (Å²) in [4.78, 5) is 24.2. The molecule has 1 aliphatic rings. The standard InChI is InChI=1S/C21H26N2O4/c1-14-8-9-18(27-14)12-22-21(25)19-10-16(11-20(19)23-15(2)24)13-26-17-6-4-3-5-7-17/h3-9,16,19-20H,10-13H2,1-2H3,(H,22,25)(H,23,24)/t16-,19-,20-/m1/s1. The molecule has 0 spiro atoms. The summed E-state index contributed by atoms with van der Waals surface area (Å²) in [5, 5.41) is 5.85. The molecule has 0 bridgehead atoms. The fourth-order valence-corrected chi connectivity index (χ4v) is 3.61. The van der Waals surface area contributed by atoms with Crippen molar-refractivity contribution in [3.63, 3.8) is 0 Å². The number of furan rings is 1. The summed E-state index contributed by atoms with van der Waals surface area (Å²) in [5.74, 6) is 2.11. The number of carbonyl (C=O) groups is 2. The van der Waals surface area contributed by atoms with Crippen LogP contribution in [0.15, 0.2) is 46.9 Å². The Morgan fingerprint density at radius 2 is 1.93 bits per heavy atom. The molecule has 2 N–H and O–H groups in total. The molecule has 0 radical (unpaired) electrons. The van der Waals surface area contributed by atoms with Gasteiger partial charge >= 0.3 is 0 Å². The molecule has 2 aromatic rings. The maximum atomic E-state index is 12.7. The summed E-state index contributed by atoms with van der Waals surface area (Å²) in [6.07, 6.45) is 1.41. The summed E-state index contributed by atoms with van der Waals surface area (Å²) < 4.78 is 11.3. The van der Waals surface area contributed by atoms with Gasteiger partial charge in [-0.25, -0.2) is 0 Å². The zero-order valence-corrected chi connectivity index (χ0v) is 15.7. The Balaban J connectivity index is 1.57. The smallest absolute Gasteiger partial charge is 0.225 e. The van der Waals surface area contributed by atoms with Crippen LogP contribution in [0.5, 0.6) is 5.75 Å². The highest BCUT2D eigenvalue weighted by molar-refractivity contribution is 5.81. The second-order valence-electron chi connectivity index (χ2n) is 7.11. The van der Waals surface area contributed by atoms with E-state index in [-0.39, 0.29) is 29.7 Å². The van der Waals surface area contributed by atoms with Gasteiger partial charge in [-0.3, -0.25) is 9.59 Å². The van der Waals surface area contributed by atoms with E-state index in [1.807, 2.05) is 49.4 Å². The van der Waals surface area contributed by atoms with E-state index in [1.54, 1.807) is 0 Å². The van der Waals surface area contributed by atoms with Crippen LogP contribution in [-0.2, 0) is 16.1 Å². The van der Waals surface area contributed by atoms with Gasteiger partial charge in [0, 0.05) is 13.0 Å². The van der Waals surface area contributed by atoms with Crippen molar-refractivity contribution in [2.24, 2.45) is 11.8 Å². The van der Waals surface area contributed by atoms with Crippen LogP contribution in [0.2, 0.25) is 0 Å². The number of hydrogen-bond donors (Lipinski definition) is 2. The molecule has 1 aromatic heterocycles. The van der Waals surface area contributed by atoms with Gasteiger partial charge in [0.2, 0.25) is 11.8 Å². The summed E-state index contributed by atoms with van der Waals surface area (Å²) in [7, 11) is 0. The number of amides is 2. The average Bonchev–Trinajstić information content (AvgIpc) is 3.24. The number of hydrogen-bond acceptors (Lipinski definition) is 4. The van der Waals surface area contributed by atoms with Crippen LogP contribution in [0, 0.1) is 18.8 Å². The first kappa shape index (κ1) is 19.0. The highest BCUT2D eigenvalue weighted by atomic mass is 16.5. The van der Waals surface area contributed by atoms with Crippen molar-refractivity contribution in [3.8, 4) is 5.75 Å². The van der Waals surface area contributed by atoms with Gasteiger partial charge in [0.25, 0.3) is 0 Å². The monoisotopic (exact) mass is 370 g/mol. The van der Waals surface area contributed by atoms with Gasteiger partial charge in [0.15, 0.2) is 0 Å². The molecule has 1 heterocycles. The molecule has 27 heavy (non-hydrogen) atoms. The molecule has 6 heteroatoms. The fourth-order valence-electron chi connectivity index (χ4n) is 3.61. The fraction of sp³-hybridized carbons (Fsp3) is 0.429. The first-order chi connectivity index (χ1) is 13.0.